The fourth-order valence-electron chi connectivity index (χ4n) is 1.02. The smallest absolute Gasteiger partial charge is 0.183 e. The van der Waals surface area contributed by atoms with Crippen LogP contribution in [0.1, 0.15) is 20.3 Å². The van der Waals surface area contributed by atoms with E-state index in [0.29, 0.717) is 0 Å². The molecule has 1 aromatic rings. The molecule has 80 valence electrons. The molecular formula is C9H18N4S. The zero-order valence-corrected chi connectivity index (χ0v) is 9.60. The SMILES string of the molecule is CC(C)CNCCCSc1ncn[nH]1. The Kier molecular flexibility index (Phi) is 5.63. The molecule has 0 saturated heterocycles. The average molecular weight is 214 g/mol. The summed E-state index contributed by atoms with van der Waals surface area (Å²) < 4.78 is 0. The van der Waals surface area contributed by atoms with E-state index in [0.717, 1.165) is 36.3 Å². The van der Waals surface area contributed by atoms with Crippen LogP contribution in [0.2, 0.25) is 0 Å². The normalized spacial score (nSPS) is 11.1. The molecule has 0 bridgehead atoms. The van der Waals surface area contributed by atoms with Crippen molar-refractivity contribution in [1.82, 2.24) is 20.5 Å². The highest BCUT2D eigenvalue weighted by molar-refractivity contribution is 7.99. The fourth-order valence-corrected chi connectivity index (χ4v) is 1.74. The molecule has 0 aliphatic carbocycles. The molecule has 0 aliphatic rings. The first-order valence-electron chi connectivity index (χ1n) is 4.98. The molecule has 0 amide bonds. The zero-order valence-electron chi connectivity index (χ0n) is 8.79. The standard InChI is InChI=1S/C9H18N4S/c1-8(2)6-10-4-3-5-14-9-11-7-12-13-9/h7-8,10H,3-6H2,1-2H3,(H,11,12,13). The van der Waals surface area contributed by atoms with Gasteiger partial charge in [-0.25, -0.2) is 4.98 Å². The minimum absolute atomic E-state index is 0.733. The third-order valence-corrected chi connectivity index (χ3v) is 2.65. The largest absolute Gasteiger partial charge is 0.316 e. The van der Waals surface area contributed by atoms with Crippen molar-refractivity contribution in [3.05, 3.63) is 6.33 Å². The van der Waals surface area contributed by atoms with E-state index in [9.17, 15) is 0 Å². The number of aromatic amines is 1. The lowest BCUT2D eigenvalue weighted by Gasteiger charge is -2.05. The van der Waals surface area contributed by atoms with E-state index in [4.69, 9.17) is 0 Å². The predicted octanol–water partition coefficient (Wildman–Crippen LogP) is 1.53. The van der Waals surface area contributed by atoms with Crippen LogP contribution in [0, 0.1) is 5.92 Å². The van der Waals surface area contributed by atoms with E-state index in [-0.39, 0.29) is 0 Å². The van der Waals surface area contributed by atoms with Gasteiger partial charge in [0.15, 0.2) is 5.16 Å². The average Bonchev–Trinajstić information content (AvgIpc) is 2.63. The lowest BCUT2D eigenvalue weighted by molar-refractivity contribution is 0.551. The van der Waals surface area contributed by atoms with Crippen LogP contribution in [0.3, 0.4) is 0 Å². The summed E-state index contributed by atoms with van der Waals surface area (Å²) in [6.45, 7) is 6.62. The van der Waals surface area contributed by atoms with Gasteiger partial charge in [-0.15, -0.1) is 0 Å². The van der Waals surface area contributed by atoms with Gasteiger partial charge in [0.25, 0.3) is 0 Å². The van der Waals surface area contributed by atoms with E-state index in [1.165, 1.54) is 0 Å². The van der Waals surface area contributed by atoms with Gasteiger partial charge in [-0.1, -0.05) is 25.6 Å². The highest BCUT2D eigenvalue weighted by Gasteiger charge is 1.96. The van der Waals surface area contributed by atoms with Crippen molar-refractivity contribution in [1.29, 1.82) is 0 Å². The van der Waals surface area contributed by atoms with E-state index in [1.807, 2.05) is 0 Å². The molecule has 5 heteroatoms. The molecule has 4 nitrogen and oxygen atoms in total. The number of aromatic nitrogens is 3. The van der Waals surface area contributed by atoms with Crippen LogP contribution in [-0.2, 0) is 0 Å². The van der Waals surface area contributed by atoms with Gasteiger partial charge < -0.3 is 5.32 Å². The van der Waals surface area contributed by atoms with Gasteiger partial charge in [-0.05, 0) is 25.4 Å². The van der Waals surface area contributed by atoms with E-state index < -0.39 is 0 Å². The van der Waals surface area contributed by atoms with Crippen LogP contribution in [0.15, 0.2) is 11.5 Å². The lowest BCUT2D eigenvalue weighted by atomic mass is 10.2. The maximum absolute atomic E-state index is 4.04. The molecule has 1 heterocycles. The topological polar surface area (TPSA) is 53.6 Å². The first-order chi connectivity index (χ1) is 6.79. The minimum atomic E-state index is 0.733. The highest BCUT2D eigenvalue weighted by Crippen LogP contribution is 2.10. The van der Waals surface area contributed by atoms with Gasteiger partial charge in [0.2, 0.25) is 0 Å². The predicted molar refractivity (Wildman–Crippen MR) is 59.4 cm³/mol. The summed E-state index contributed by atoms with van der Waals surface area (Å²) in [7, 11) is 0. The van der Waals surface area contributed by atoms with Gasteiger partial charge >= 0.3 is 0 Å². The Hall–Kier alpha value is -0.550. The van der Waals surface area contributed by atoms with Crippen molar-refractivity contribution in [3.8, 4) is 0 Å². The monoisotopic (exact) mass is 214 g/mol. The highest BCUT2D eigenvalue weighted by atomic mass is 32.2. The molecule has 0 atom stereocenters. The molecule has 0 saturated carbocycles. The first-order valence-corrected chi connectivity index (χ1v) is 5.96. The van der Waals surface area contributed by atoms with Gasteiger partial charge in [0.05, 0.1) is 0 Å². The maximum Gasteiger partial charge on any atom is 0.183 e. The lowest BCUT2D eigenvalue weighted by Crippen LogP contribution is -2.21. The molecule has 1 aromatic heterocycles. The molecule has 1 rings (SSSR count). The van der Waals surface area contributed by atoms with Crippen LogP contribution in [-0.4, -0.2) is 34.0 Å². The number of thioether (sulfide) groups is 1. The van der Waals surface area contributed by atoms with E-state index >= 15 is 0 Å². The van der Waals surface area contributed by atoms with Crippen LogP contribution in [0.25, 0.3) is 0 Å². The summed E-state index contributed by atoms with van der Waals surface area (Å²) in [5.41, 5.74) is 0. The number of rotatable bonds is 7. The first kappa shape index (κ1) is 11.5. The number of H-pyrrole nitrogens is 1. The number of hydrogen-bond donors (Lipinski definition) is 2. The summed E-state index contributed by atoms with van der Waals surface area (Å²) in [6, 6.07) is 0. The third-order valence-electron chi connectivity index (χ3n) is 1.68. The summed E-state index contributed by atoms with van der Waals surface area (Å²) in [4.78, 5) is 4.04. The minimum Gasteiger partial charge on any atom is -0.316 e. The molecule has 0 radical (unpaired) electrons. The summed E-state index contributed by atoms with van der Waals surface area (Å²) in [6.07, 6.45) is 2.71. The summed E-state index contributed by atoms with van der Waals surface area (Å²) in [5.74, 6) is 1.82. The summed E-state index contributed by atoms with van der Waals surface area (Å²) in [5, 5.41) is 10.9. The van der Waals surface area contributed by atoms with Crippen molar-refractivity contribution in [2.45, 2.75) is 25.4 Å². The van der Waals surface area contributed by atoms with Gasteiger partial charge in [0.1, 0.15) is 6.33 Å². The third kappa shape index (κ3) is 5.24. The molecule has 0 spiro atoms. The Morgan fingerprint density at radius 2 is 2.43 bits per heavy atom. The van der Waals surface area contributed by atoms with Gasteiger partial charge in [-0.2, -0.15) is 5.10 Å². The van der Waals surface area contributed by atoms with Crippen LogP contribution < -0.4 is 5.32 Å². The van der Waals surface area contributed by atoms with Gasteiger partial charge in [0, 0.05) is 5.75 Å². The van der Waals surface area contributed by atoms with Crippen molar-refractivity contribution in [2.75, 3.05) is 18.8 Å². The Bertz CT molecular complexity index is 223. The van der Waals surface area contributed by atoms with E-state index in [2.05, 4.69) is 34.3 Å². The van der Waals surface area contributed by atoms with E-state index in [1.54, 1.807) is 18.1 Å². The maximum atomic E-state index is 4.04. The van der Waals surface area contributed by atoms with Crippen molar-refractivity contribution < 1.29 is 0 Å². The second-order valence-corrected chi connectivity index (χ2v) is 4.67. The second-order valence-electron chi connectivity index (χ2n) is 3.59. The molecule has 2 N–H and O–H groups in total. The fraction of sp³-hybridized carbons (Fsp3) is 0.778. The number of nitrogens with one attached hydrogen (secondary N) is 2. The van der Waals surface area contributed by atoms with Crippen molar-refractivity contribution in [2.24, 2.45) is 5.92 Å². The van der Waals surface area contributed by atoms with Gasteiger partial charge in [-0.3, -0.25) is 5.10 Å². The molecular weight excluding hydrogens is 196 g/mol. The van der Waals surface area contributed by atoms with Crippen molar-refractivity contribution >= 4 is 11.8 Å². The van der Waals surface area contributed by atoms with Crippen LogP contribution in [0.4, 0.5) is 0 Å². The number of hydrogen-bond acceptors (Lipinski definition) is 4. The van der Waals surface area contributed by atoms with Crippen LogP contribution in [0.5, 0.6) is 0 Å². The second kappa shape index (κ2) is 6.84. The quantitative estimate of drug-likeness (QED) is 0.534. The summed E-state index contributed by atoms with van der Waals surface area (Å²) >= 11 is 1.72. The molecule has 14 heavy (non-hydrogen) atoms. The number of nitrogens with zero attached hydrogens (tertiary/aromatic N) is 2. The Labute approximate surface area is 89.3 Å². The zero-order chi connectivity index (χ0) is 10.2. The van der Waals surface area contributed by atoms with Crippen molar-refractivity contribution in [3.63, 3.8) is 0 Å². The molecule has 0 aromatic carbocycles. The Morgan fingerprint density at radius 3 is 3.07 bits per heavy atom. The van der Waals surface area contributed by atoms with Crippen LogP contribution >= 0.6 is 11.8 Å². The Balaban J connectivity index is 1.90. The molecule has 0 fully saturated rings. The molecule has 0 aliphatic heterocycles. The Morgan fingerprint density at radius 1 is 1.57 bits per heavy atom. The molecule has 0 unspecified atom stereocenters.